The molecule has 3 heteroatoms. The Bertz CT molecular complexity index is 317. The van der Waals surface area contributed by atoms with E-state index in [-0.39, 0.29) is 6.42 Å². The lowest BCUT2D eigenvalue weighted by Crippen LogP contribution is -1.98. The highest BCUT2D eigenvalue weighted by Gasteiger charge is 1.96. The maximum absolute atomic E-state index is 10.2. The minimum Gasteiger partial charge on any atom is -0.481 e. The second-order valence-electron chi connectivity index (χ2n) is 2.62. The van der Waals surface area contributed by atoms with E-state index in [1.807, 2.05) is 30.3 Å². The molecule has 0 aromatic heterocycles. The summed E-state index contributed by atoms with van der Waals surface area (Å²) in [7, 11) is 0. The number of carboxylic acids is 1. The summed E-state index contributed by atoms with van der Waals surface area (Å²) >= 11 is 0. The number of aliphatic carboxylic acids is 1. The van der Waals surface area contributed by atoms with Crippen LogP contribution in [-0.4, -0.2) is 11.1 Å². The smallest absolute Gasteiger partial charge is 0.307 e. The van der Waals surface area contributed by atoms with E-state index in [1.54, 1.807) is 0 Å². The molecule has 0 aliphatic carbocycles. The van der Waals surface area contributed by atoms with Gasteiger partial charge < -0.3 is 10.8 Å². The minimum atomic E-state index is -0.876. The van der Waals surface area contributed by atoms with Gasteiger partial charge in [0.25, 0.3) is 0 Å². The third-order valence-electron chi connectivity index (χ3n) is 1.60. The lowest BCUT2D eigenvalue weighted by atomic mass is 10.1. The second-order valence-corrected chi connectivity index (χ2v) is 2.62. The maximum atomic E-state index is 10.2. The molecule has 0 saturated carbocycles. The summed E-state index contributed by atoms with van der Waals surface area (Å²) in [4.78, 5) is 10.2. The molecule has 0 bridgehead atoms. The maximum Gasteiger partial charge on any atom is 0.307 e. The Morgan fingerprint density at radius 2 is 2.00 bits per heavy atom. The van der Waals surface area contributed by atoms with E-state index >= 15 is 0 Å². The van der Waals surface area contributed by atoms with Crippen molar-refractivity contribution in [1.82, 2.24) is 0 Å². The van der Waals surface area contributed by atoms with Crippen molar-refractivity contribution >= 4 is 11.7 Å². The molecule has 1 aromatic rings. The van der Waals surface area contributed by atoms with Crippen LogP contribution in [0.2, 0.25) is 0 Å². The average molecular weight is 177 g/mol. The van der Waals surface area contributed by atoms with E-state index in [0.717, 1.165) is 5.56 Å². The molecule has 0 spiro atoms. The van der Waals surface area contributed by atoms with Crippen LogP contribution in [0, 0.1) is 0 Å². The lowest BCUT2D eigenvalue weighted by molar-refractivity contribution is -0.135. The molecular formula is C10H11NO2. The number of carbonyl (C=O) groups is 1. The Hall–Kier alpha value is -1.77. The quantitative estimate of drug-likeness (QED) is 0.734. The fourth-order valence-electron chi connectivity index (χ4n) is 0.946. The van der Waals surface area contributed by atoms with Gasteiger partial charge >= 0.3 is 5.97 Å². The van der Waals surface area contributed by atoms with Crippen molar-refractivity contribution in [3.63, 3.8) is 0 Å². The predicted octanol–water partition coefficient (Wildman–Crippen LogP) is 1.46. The number of benzene rings is 1. The van der Waals surface area contributed by atoms with Crippen molar-refractivity contribution in [2.45, 2.75) is 6.42 Å². The molecule has 0 aliphatic rings. The number of rotatable bonds is 3. The summed E-state index contributed by atoms with van der Waals surface area (Å²) < 4.78 is 0. The van der Waals surface area contributed by atoms with Gasteiger partial charge in [0, 0.05) is 5.70 Å². The van der Waals surface area contributed by atoms with Crippen LogP contribution in [0.25, 0.3) is 5.70 Å². The van der Waals surface area contributed by atoms with Gasteiger partial charge in [-0.15, -0.1) is 0 Å². The van der Waals surface area contributed by atoms with Crippen LogP contribution in [-0.2, 0) is 4.79 Å². The monoisotopic (exact) mass is 177 g/mol. The molecule has 68 valence electrons. The van der Waals surface area contributed by atoms with Crippen LogP contribution in [0.4, 0.5) is 0 Å². The van der Waals surface area contributed by atoms with Gasteiger partial charge in [0.1, 0.15) is 0 Å². The minimum absolute atomic E-state index is 0.0409. The van der Waals surface area contributed by atoms with E-state index in [4.69, 9.17) is 10.8 Å². The first-order valence-corrected chi connectivity index (χ1v) is 3.93. The molecule has 0 unspecified atom stereocenters. The van der Waals surface area contributed by atoms with Crippen LogP contribution in [0.5, 0.6) is 0 Å². The van der Waals surface area contributed by atoms with Gasteiger partial charge in [-0.2, -0.15) is 0 Å². The van der Waals surface area contributed by atoms with E-state index < -0.39 is 5.97 Å². The largest absolute Gasteiger partial charge is 0.481 e. The summed E-state index contributed by atoms with van der Waals surface area (Å²) in [6.45, 7) is 0. The van der Waals surface area contributed by atoms with E-state index in [1.165, 1.54) is 6.08 Å². The number of carboxylic acid groups (broad SMARTS) is 1. The Labute approximate surface area is 76.5 Å². The van der Waals surface area contributed by atoms with Crippen molar-refractivity contribution in [3.05, 3.63) is 42.0 Å². The number of hydrogen-bond donors (Lipinski definition) is 2. The molecule has 13 heavy (non-hydrogen) atoms. The van der Waals surface area contributed by atoms with Crippen LogP contribution in [0.15, 0.2) is 36.4 Å². The first-order chi connectivity index (χ1) is 6.20. The molecular weight excluding hydrogens is 166 g/mol. The fraction of sp³-hybridized carbons (Fsp3) is 0.100. The Balaban J connectivity index is 2.73. The summed E-state index contributed by atoms with van der Waals surface area (Å²) in [6.07, 6.45) is 1.46. The average Bonchev–Trinajstić information content (AvgIpc) is 2.15. The molecule has 0 saturated heterocycles. The van der Waals surface area contributed by atoms with Gasteiger partial charge in [-0.3, -0.25) is 4.79 Å². The molecule has 0 aliphatic heterocycles. The van der Waals surface area contributed by atoms with Crippen molar-refractivity contribution in [3.8, 4) is 0 Å². The van der Waals surface area contributed by atoms with Crippen LogP contribution in [0.1, 0.15) is 12.0 Å². The highest BCUT2D eigenvalue weighted by atomic mass is 16.4. The van der Waals surface area contributed by atoms with Crippen molar-refractivity contribution < 1.29 is 9.90 Å². The number of nitrogens with two attached hydrogens (primary N) is 1. The normalized spacial score (nSPS) is 11.2. The molecule has 1 aromatic carbocycles. The third kappa shape index (κ3) is 2.99. The van der Waals surface area contributed by atoms with Gasteiger partial charge in [0.15, 0.2) is 0 Å². The Morgan fingerprint density at radius 1 is 1.38 bits per heavy atom. The summed E-state index contributed by atoms with van der Waals surface area (Å²) in [6, 6.07) is 9.28. The second kappa shape index (κ2) is 4.30. The highest BCUT2D eigenvalue weighted by Crippen LogP contribution is 2.07. The molecule has 3 N–H and O–H groups in total. The van der Waals surface area contributed by atoms with Crippen LogP contribution >= 0.6 is 0 Å². The van der Waals surface area contributed by atoms with Gasteiger partial charge in [0.2, 0.25) is 0 Å². The molecule has 0 atom stereocenters. The van der Waals surface area contributed by atoms with E-state index in [2.05, 4.69) is 0 Å². The van der Waals surface area contributed by atoms with Crippen LogP contribution < -0.4 is 5.73 Å². The molecule has 0 fully saturated rings. The first kappa shape index (κ1) is 9.32. The topological polar surface area (TPSA) is 63.3 Å². The Kier molecular flexibility index (Phi) is 3.09. The molecule has 3 nitrogen and oxygen atoms in total. The summed E-state index contributed by atoms with van der Waals surface area (Å²) in [5.41, 5.74) is 6.99. The SMILES string of the molecule is NC(=CCC(=O)O)c1ccccc1. The molecule has 0 radical (unpaired) electrons. The first-order valence-electron chi connectivity index (χ1n) is 3.93. The van der Waals surface area contributed by atoms with Crippen LogP contribution in [0.3, 0.4) is 0 Å². The van der Waals surface area contributed by atoms with Crippen molar-refractivity contribution in [1.29, 1.82) is 0 Å². The predicted molar refractivity (Wildman–Crippen MR) is 50.9 cm³/mol. The van der Waals surface area contributed by atoms with Gasteiger partial charge in [-0.05, 0) is 11.6 Å². The third-order valence-corrected chi connectivity index (χ3v) is 1.60. The van der Waals surface area contributed by atoms with Gasteiger partial charge in [0.05, 0.1) is 6.42 Å². The number of hydrogen-bond acceptors (Lipinski definition) is 2. The van der Waals surface area contributed by atoms with E-state index in [9.17, 15) is 4.79 Å². The fourth-order valence-corrected chi connectivity index (χ4v) is 0.946. The summed E-state index contributed by atoms with van der Waals surface area (Å²) in [5, 5.41) is 8.41. The summed E-state index contributed by atoms with van der Waals surface area (Å²) in [5.74, 6) is -0.876. The standard InChI is InChI=1S/C10H11NO2/c11-9(6-7-10(12)13)8-4-2-1-3-5-8/h1-6H,7,11H2,(H,12,13). The van der Waals surface area contributed by atoms with Gasteiger partial charge in [-0.1, -0.05) is 30.3 Å². The zero-order valence-electron chi connectivity index (χ0n) is 7.10. The molecule has 0 amide bonds. The molecule has 0 heterocycles. The van der Waals surface area contributed by atoms with E-state index in [0.29, 0.717) is 5.70 Å². The molecule has 1 rings (SSSR count). The van der Waals surface area contributed by atoms with Crippen molar-refractivity contribution in [2.24, 2.45) is 5.73 Å². The lowest BCUT2D eigenvalue weighted by Gasteiger charge is -1.99. The Morgan fingerprint density at radius 3 is 2.54 bits per heavy atom. The zero-order valence-corrected chi connectivity index (χ0v) is 7.10. The van der Waals surface area contributed by atoms with Gasteiger partial charge in [-0.25, -0.2) is 0 Å². The highest BCUT2D eigenvalue weighted by molar-refractivity contribution is 5.73. The van der Waals surface area contributed by atoms with Crippen molar-refractivity contribution in [2.75, 3.05) is 0 Å². The zero-order chi connectivity index (χ0) is 9.68.